The van der Waals surface area contributed by atoms with Crippen LogP contribution in [0, 0.1) is 0 Å². The molecule has 9 heteroatoms. The SMILES string of the molecule is COc1ccc(C2CC(c3ccccc3)=NN2C(=O)CSc2nnnn2C2CCCC2)cc1. The van der Waals surface area contributed by atoms with Gasteiger partial charge in [-0.3, -0.25) is 4.79 Å². The second-order valence-corrected chi connectivity index (χ2v) is 9.22. The van der Waals surface area contributed by atoms with Gasteiger partial charge in [0.1, 0.15) is 5.75 Å². The number of amides is 1. The van der Waals surface area contributed by atoms with Crippen LogP contribution in [0.25, 0.3) is 0 Å². The van der Waals surface area contributed by atoms with E-state index in [-0.39, 0.29) is 17.7 Å². The molecule has 0 N–H and O–H groups in total. The highest BCUT2D eigenvalue weighted by molar-refractivity contribution is 7.99. The molecule has 1 atom stereocenters. The largest absolute Gasteiger partial charge is 0.497 e. The van der Waals surface area contributed by atoms with Gasteiger partial charge in [0.2, 0.25) is 5.16 Å². The van der Waals surface area contributed by atoms with Crippen molar-refractivity contribution in [1.29, 1.82) is 0 Å². The fourth-order valence-electron chi connectivity index (χ4n) is 4.48. The summed E-state index contributed by atoms with van der Waals surface area (Å²) in [6.45, 7) is 0. The highest BCUT2D eigenvalue weighted by Gasteiger charge is 2.33. The van der Waals surface area contributed by atoms with E-state index in [1.807, 2.05) is 59.3 Å². The minimum absolute atomic E-state index is 0.0623. The van der Waals surface area contributed by atoms with Crippen LogP contribution in [0.1, 0.15) is 55.3 Å². The molecule has 2 aromatic carbocycles. The third kappa shape index (κ3) is 4.64. The number of hydrogen-bond donors (Lipinski definition) is 0. The van der Waals surface area contributed by atoms with Crippen molar-refractivity contribution in [1.82, 2.24) is 25.2 Å². The van der Waals surface area contributed by atoms with Gasteiger partial charge < -0.3 is 4.74 Å². The average molecular weight is 463 g/mol. The van der Waals surface area contributed by atoms with Gasteiger partial charge in [-0.25, -0.2) is 9.69 Å². The van der Waals surface area contributed by atoms with Crippen LogP contribution >= 0.6 is 11.8 Å². The molecule has 5 rings (SSSR count). The molecule has 33 heavy (non-hydrogen) atoms. The maximum atomic E-state index is 13.4. The number of nitrogens with zero attached hydrogens (tertiary/aromatic N) is 6. The van der Waals surface area contributed by atoms with Crippen LogP contribution in [0.4, 0.5) is 0 Å². The molecule has 1 aromatic heterocycles. The number of benzene rings is 2. The van der Waals surface area contributed by atoms with Crippen molar-refractivity contribution < 1.29 is 9.53 Å². The Hall–Kier alpha value is -3.20. The van der Waals surface area contributed by atoms with Crippen molar-refractivity contribution in [2.45, 2.75) is 49.3 Å². The van der Waals surface area contributed by atoms with Crippen molar-refractivity contribution in [3.63, 3.8) is 0 Å². The second kappa shape index (κ2) is 9.74. The predicted octanol–water partition coefficient (Wildman–Crippen LogP) is 4.27. The molecule has 0 saturated heterocycles. The summed E-state index contributed by atoms with van der Waals surface area (Å²) in [6, 6.07) is 18.0. The lowest BCUT2D eigenvalue weighted by Crippen LogP contribution is -2.28. The number of ether oxygens (including phenoxy) is 1. The summed E-state index contributed by atoms with van der Waals surface area (Å²) in [5.41, 5.74) is 2.97. The standard InChI is InChI=1S/C24H26N6O2S/c1-32-20-13-11-18(12-14-20)22-15-21(17-7-3-2-4-8-17)26-30(22)23(31)16-33-24-25-27-28-29(24)19-9-5-6-10-19/h2-4,7-8,11-14,19,22H,5-6,9-10,15-16H2,1H3. The number of thioether (sulfide) groups is 1. The van der Waals surface area contributed by atoms with Crippen LogP contribution in [-0.4, -0.2) is 49.7 Å². The van der Waals surface area contributed by atoms with Gasteiger partial charge in [0.25, 0.3) is 5.91 Å². The monoisotopic (exact) mass is 462 g/mol. The maximum Gasteiger partial charge on any atom is 0.253 e. The quantitative estimate of drug-likeness (QED) is 0.488. The second-order valence-electron chi connectivity index (χ2n) is 8.28. The highest BCUT2D eigenvalue weighted by atomic mass is 32.2. The Labute approximate surface area is 197 Å². The molecular formula is C24H26N6O2S. The summed E-state index contributed by atoms with van der Waals surface area (Å²) >= 11 is 1.38. The Morgan fingerprint density at radius 3 is 2.58 bits per heavy atom. The Bertz CT molecular complexity index is 1130. The third-order valence-corrected chi connectivity index (χ3v) is 7.15. The minimum Gasteiger partial charge on any atom is -0.497 e. The van der Waals surface area contributed by atoms with E-state index in [0.717, 1.165) is 35.4 Å². The molecule has 2 aliphatic rings. The van der Waals surface area contributed by atoms with Crippen LogP contribution < -0.4 is 4.74 Å². The molecule has 3 aromatic rings. The summed E-state index contributed by atoms with van der Waals surface area (Å²) in [7, 11) is 1.65. The van der Waals surface area contributed by atoms with Crippen molar-refractivity contribution in [2.75, 3.05) is 12.9 Å². The normalized spacial score (nSPS) is 18.5. The molecule has 0 spiro atoms. The maximum absolute atomic E-state index is 13.4. The zero-order valence-electron chi connectivity index (χ0n) is 18.5. The van der Waals surface area contributed by atoms with E-state index in [0.29, 0.717) is 17.6 Å². The minimum atomic E-state index is -0.162. The molecule has 0 bridgehead atoms. The lowest BCUT2D eigenvalue weighted by atomic mass is 9.98. The molecule has 1 aliphatic carbocycles. The van der Waals surface area contributed by atoms with E-state index < -0.39 is 0 Å². The van der Waals surface area contributed by atoms with Crippen molar-refractivity contribution in [3.05, 3.63) is 65.7 Å². The number of tetrazole rings is 1. The van der Waals surface area contributed by atoms with Crippen LogP contribution in [0.3, 0.4) is 0 Å². The van der Waals surface area contributed by atoms with Crippen LogP contribution in [0.2, 0.25) is 0 Å². The summed E-state index contributed by atoms with van der Waals surface area (Å²) in [6.07, 6.45) is 5.22. The lowest BCUT2D eigenvalue weighted by molar-refractivity contribution is -0.130. The highest BCUT2D eigenvalue weighted by Crippen LogP contribution is 2.35. The smallest absolute Gasteiger partial charge is 0.253 e. The van der Waals surface area contributed by atoms with E-state index in [1.165, 1.54) is 24.6 Å². The molecule has 1 fully saturated rings. The fraction of sp³-hybridized carbons (Fsp3) is 0.375. The van der Waals surface area contributed by atoms with E-state index >= 15 is 0 Å². The molecular weight excluding hydrogens is 436 g/mol. The number of aromatic nitrogens is 4. The van der Waals surface area contributed by atoms with Gasteiger partial charge >= 0.3 is 0 Å². The van der Waals surface area contributed by atoms with E-state index in [9.17, 15) is 4.79 Å². The first kappa shape index (κ1) is 21.6. The Morgan fingerprint density at radius 1 is 1.09 bits per heavy atom. The zero-order valence-corrected chi connectivity index (χ0v) is 19.3. The van der Waals surface area contributed by atoms with E-state index in [2.05, 4.69) is 15.5 Å². The molecule has 2 heterocycles. The number of carbonyl (C=O) groups is 1. The van der Waals surface area contributed by atoms with Crippen LogP contribution in [0.5, 0.6) is 5.75 Å². The van der Waals surface area contributed by atoms with Gasteiger partial charge in [-0.2, -0.15) is 5.10 Å². The van der Waals surface area contributed by atoms with Crippen LogP contribution in [-0.2, 0) is 4.79 Å². The van der Waals surface area contributed by atoms with Crippen LogP contribution in [0.15, 0.2) is 64.9 Å². The van der Waals surface area contributed by atoms with E-state index in [1.54, 1.807) is 12.1 Å². The van der Waals surface area contributed by atoms with Gasteiger partial charge in [-0.15, -0.1) is 5.10 Å². The number of carbonyl (C=O) groups excluding carboxylic acids is 1. The lowest BCUT2D eigenvalue weighted by Gasteiger charge is -2.22. The van der Waals surface area contributed by atoms with Gasteiger partial charge in [0.05, 0.1) is 30.7 Å². The van der Waals surface area contributed by atoms with Gasteiger partial charge in [-0.05, 0) is 46.5 Å². The van der Waals surface area contributed by atoms with Crippen molar-refractivity contribution in [3.8, 4) is 5.75 Å². The summed E-state index contributed by atoms with van der Waals surface area (Å²) in [5, 5.41) is 19.3. The number of hydrogen-bond acceptors (Lipinski definition) is 7. The van der Waals surface area contributed by atoms with Gasteiger partial charge in [0, 0.05) is 6.42 Å². The Morgan fingerprint density at radius 2 is 1.85 bits per heavy atom. The summed E-state index contributed by atoms with van der Waals surface area (Å²) in [4.78, 5) is 13.4. The first-order valence-corrected chi connectivity index (χ1v) is 12.2. The van der Waals surface area contributed by atoms with E-state index in [4.69, 9.17) is 9.84 Å². The first-order chi connectivity index (χ1) is 16.2. The topological polar surface area (TPSA) is 85.5 Å². The molecule has 0 radical (unpaired) electrons. The molecule has 1 aliphatic heterocycles. The molecule has 170 valence electrons. The predicted molar refractivity (Wildman–Crippen MR) is 126 cm³/mol. The van der Waals surface area contributed by atoms with Gasteiger partial charge in [-0.1, -0.05) is 67.1 Å². The summed E-state index contributed by atoms with van der Waals surface area (Å²) in [5.74, 6) is 0.951. The number of rotatable bonds is 7. The molecule has 1 amide bonds. The Balaban J connectivity index is 1.36. The van der Waals surface area contributed by atoms with Gasteiger partial charge in [0.15, 0.2) is 0 Å². The number of methoxy groups -OCH3 is 1. The van der Waals surface area contributed by atoms with Crippen molar-refractivity contribution in [2.24, 2.45) is 5.10 Å². The summed E-state index contributed by atoms with van der Waals surface area (Å²) < 4.78 is 7.18. The Kier molecular flexibility index (Phi) is 6.39. The average Bonchev–Trinajstić information content (AvgIpc) is 3.63. The fourth-order valence-corrected chi connectivity index (χ4v) is 5.28. The zero-order chi connectivity index (χ0) is 22.6. The molecule has 8 nitrogen and oxygen atoms in total. The number of hydrazone groups is 1. The molecule has 1 saturated carbocycles. The third-order valence-electron chi connectivity index (χ3n) is 6.23. The molecule has 1 unspecified atom stereocenters. The first-order valence-electron chi connectivity index (χ1n) is 11.2. The van der Waals surface area contributed by atoms with Crippen molar-refractivity contribution >= 4 is 23.4 Å².